The summed E-state index contributed by atoms with van der Waals surface area (Å²) in [7, 11) is 0. The lowest BCUT2D eigenvalue weighted by Crippen LogP contribution is -2.78. The first-order chi connectivity index (χ1) is 12.6. The van der Waals surface area contributed by atoms with Crippen LogP contribution in [0.1, 0.15) is 44.1 Å². The Hall–Kier alpha value is -1.88. The summed E-state index contributed by atoms with van der Waals surface area (Å²) in [5, 5.41) is 10.2. The highest BCUT2D eigenvalue weighted by Crippen LogP contribution is 2.75. The number of aliphatic carboxylic acids is 1. The topological polar surface area (TPSA) is 60.9 Å². The molecule has 1 aromatic rings. The SMILES string of the molecule is O=CN1c2ccccc2[C@@]23CCN4CCC[C@]5(CC[C@]12[C@H](C(=O)O)C5)[C@H]43. The number of carbonyl (C=O) groups is 2. The van der Waals surface area contributed by atoms with E-state index < -0.39 is 17.4 Å². The zero-order valence-corrected chi connectivity index (χ0v) is 14.9. The Labute approximate surface area is 153 Å². The Bertz CT molecular complexity index is 840. The van der Waals surface area contributed by atoms with Gasteiger partial charge in [0.05, 0.1) is 11.5 Å². The van der Waals surface area contributed by atoms with Crippen LogP contribution >= 0.6 is 0 Å². The van der Waals surface area contributed by atoms with Crippen LogP contribution in [0.25, 0.3) is 0 Å². The number of hydrogen-bond acceptors (Lipinski definition) is 3. The van der Waals surface area contributed by atoms with E-state index in [9.17, 15) is 14.7 Å². The Morgan fingerprint density at radius 3 is 2.81 bits per heavy atom. The van der Waals surface area contributed by atoms with Crippen molar-refractivity contribution in [1.82, 2.24) is 4.90 Å². The summed E-state index contributed by atoms with van der Waals surface area (Å²) in [4.78, 5) is 29.3. The number of fused-ring (bicyclic) bond motifs is 3. The summed E-state index contributed by atoms with van der Waals surface area (Å²) in [6.45, 7) is 2.15. The van der Waals surface area contributed by atoms with Crippen molar-refractivity contribution in [2.45, 2.75) is 55.5 Å². The number of para-hydroxylation sites is 1. The Morgan fingerprint density at radius 1 is 1.15 bits per heavy atom. The van der Waals surface area contributed by atoms with Crippen LogP contribution in [0.15, 0.2) is 24.3 Å². The molecule has 3 spiro atoms. The van der Waals surface area contributed by atoms with E-state index in [0.717, 1.165) is 57.3 Å². The number of carbonyl (C=O) groups excluding carboxylic acids is 1. The summed E-state index contributed by atoms with van der Waals surface area (Å²) in [5.74, 6) is -1.19. The van der Waals surface area contributed by atoms with Gasteiger partial charge in [-0.3, -0.25) is 14.5 Å². The van der Waals surface area contributed by atoms with E-state index in [-0.39, 0.29) is 10.8 Å². The van der Waals surface area contributed by atoms with E-state index in [1.807, 2.05) is 17.0 Å². The molecule has 136 valence electrons. The van der Waals surface area contributed by atoms with Crippen LogP contribution in [-0.4, -0.2) is 47.1 Å². The maximum atomic E-state index is 12.5. The fourth-order valence-electron chi connectivity index (χ4n) is 8.31. The van der Waals surface area contributed by atoms with E-state index in [0.29, 0.717) is 6.04 Å². The maximum absolute atomic E-state index is 12.5. The minimum Gasteiger partial charge on any atom is -0.481 e. The number of hydrogen-bond donors (Lipinski definition) is 1. The van der Waals surface area contributed by atoms with Crippen molar-refractivity contribution in [1.29, 1.82) is 0 Å². The molecule has 5 nitrogen and oxygen atoms in total. The molecule has 1 aromatic carbocycles. The lowest BCUT2D eigenvalue weighted by Gasteiger charge is -2.69. The van der Waals surface area contributed by atoms with Crippen LogP contribution < -0.4 is 4.90 Å². The van der Waals surface area contributed by atoms with Gasteiger partial charge >= 0.3 is 5.97 Å². The molecule has 3 saturated carbocycles. The zero-order valence-electron chi connectivity index (χ0n) is 14.9. The van der Waals surface area contributed by atoms with E-state index in [4.69, 9.17) is 0 Å². The van der Waals surface area contributed by atoms with E-state index in [1.54, 1.807) is 0 Å². The monoisotopic (exact) mass is 352 g/mol. The highest BCUT2D eigenvalue weighted by atomic mass is 16.4. The minimum atomic E-state index is -0.717. The van der Waals surface area contributed by atoms with Gasteiger partial charge in [0, 0.05) is 17.1 Å². The van der Waals surface area contributed by atoms with Crippen LogP contribution in [0.2, 0.25) is 0 Å². The number of anilines is 1. The largest absolute Gasteiger partial charge is 0.481 e. The molecule has 3 heterocycles. The number of amides is 1. The summed E-state index contributed by atoms with van der Waals surface area (Å²) < 4.78 is 0. The van der Waals surface area contributed by atoms with Crippen LogP contribution in [0, 0.1) is 11.3 Å². The van der Waals surface area contributed by atoms with Gasteiger partial charge in [-0.2, -0.15) is 0 Å². The number of rotatable bonds is 2. The molecule has 0 radical (unpaired) electrons. The predicted molar refractivity (Wildman–Crippen MR) is 96.0 cm³/mol. The molecule has 2 bridgehead atoms. The van der Waals surface area contributed by atoms with Crippen molar-refractivity contribution >= 4 is 18.1 Å². The summed E-state index contributed by atoms with van der Waals surface area (Å²) in [6.07, 6.45) is 6.81. The van der Waals surface area contributed by atoms with Gasteiger partial charge in [-0.15, -0.1) is 0 Å². The van der Waals surface area contributed by atoms with Crippen molar-refractivity contribution in [3.05, 3.63) is 29.8 Å². The fraction of sp³-hybridized carbons (Fsp3) is 0.619. The van der Waals surface area contributed by atoms with Gasteiger partial charge in [0.1, 0.15) is 0 Å². The average Bonchev–Trinajstić information content (AvgIpc) is 3.18. The minimum absolute atomic E-state index is 0.103. The molecule has 1 N–H and O–H groups in total. The van der Waals surface area contributed by atoms with Crippen molar-refractivity contribution in [2.24, 2.45) is 11.3 Å². The number of benzene rings is 1. The fourth-order valence-corrected chi connectivity index (χ4v) is 8.31. The second-order valence-corrected chi connectivity index (χ2v) is 9.14. The molecule has 7 rings (SSSR count). The molecule has 3 aliphatic heterocycles. The summed E-state index contributed by atoms with van der Waals surface area (Å²) in [5.41, 5.74) is 1.48. The van der Waals surface area contributed by atoms with Crippen LogP contribution in [0.5, 0.6) is 0 Å². The Kier molecular flexibility index (Phi) is 2.63. The van der Waals surface area contributed by atoms with Gasteiger partial charge in [0.25, 0.3) is 0 Å². The van der Waals surface area contributed by atoms with Crippen molar-refractivity contribution in [3.63, 3.8) is 0 Å². The first-order valence-corrected chi connectivity index (χ1v) is 9.92. The molecule has 5 atom stereocenters. The second kappa shape index (κ2) is 4.50. The van der Waals surface area contributed by atoms with Crippen LogP contribution in [0.3, 0.4) is 0 Å². The molecule has 26 heavy (non-hydrogen) atoms. The van der Waals surface area contributed by atoms with Gasteiger partial charge in [-0.1, -0.05) is 18.2 Å². The zero-order chi connectivity index (χ0) is 17.7. The van der Waals surface area contributed by atoms with Gasteiger partial charge < -0.3 is 10.0 Å². The van der Waals surface area contributed by atoms with Crippen molar-refractivity contribution in [3.8, 4) is 0 Å². The van der Waals surface area contributed by atoms with Gasteiger partial charge in [0.15, 0.2) is 0 Å². The summed E-state index contributed by atoms with van der Waals surface area (Å²) >= 11 is 0. The van der Waals surface area contributed by atoms with E-state index >= 15 is 0 Å². The third kappa shape index (κ3) is 1.30. The molecule has 6 aliphatic rings. The lowest BCUT2D eigenvalue weighted by molar-refractivity contribution is -0.172. The normalized spacial score (nSPS) is 45.2. The smallest absolute Gasteiger partial charge is 0.308 e. The highest BCUT2D eigenvalue weighted by Gasteiger charge is 2.80. The molecular formula is C21H24N2O3. The molecule has 2 saturated heterocycles. The van der Waals surface area contributed by atoms with Crippen molar-refractivity contribution in [2.75, 3.05) is 18.0 Å². The molecule has 5 heteroatoms. The average molecular weight is 352 g/mol. The summed E-state index contributed by atoms with van der Waals surface area (Å²) in [6, 6.07) is 8.62. The molecule has 1 amide bonds. The van der Waals surface area contributed by atoms with Crippen molar-refractivity contribution < 1.29 is 14.7 Å². The van der Waals surface area contributed by atoms with E-state index in [1.165, 1.54) is 12.0 Å². The third-order valence-corrected chi connectivity index (χ3v) is 8.77. The Morgan fingerprint density at radius 2 is 2.00 bits per heavy atom. The first-order valence-electron chi connectivity index (χ1n) is 9.92. The lowest BCUT2D eigenvalue weighted by atomic mass is 9.38. The predicted octanol–water partition coefficient (Wildman–Crippen LogP) is 2.39. The van der Waals surface area contributed by atoms with Gasteiger partial charge in [0.2, 0.25) is 6.41 Å². The number of carboxylic acid groups (broad SMARTS) is 1. The molecule has 3 aliphatic carbocycles. The molecule has 5 fully saturated rings. The number of carboxylic acids is 1. The number of piperidine rings is 1. The Balaban J connectivity index is 1.71. The standard InChI is InChI=1S/C21H24N2O3/c24-13-23-16-5-2-1-4-14(16)20-9-11-22-10-3-6-19(18(20)22)7-8-21(20,23)15(12-19)17(25)26/h1-2,4-5,13,15,18H,3,6-12H2,(H,25,26)/t15-,18-,19+,20+,21+/m0/s1. The van der Waals surface area contributed by atoms with Gasteiger partial charge in [-0.05, 0) is 68.7 Å². The molecular weight excluding hydrogens is 328 g/mol. The first kappa shape index (κ1) is 15.2. The van der Waals surface area contributed by atoms with Crippen LogP contribution in [0.4, 0.5) is 5.69 Å². The number of nitrogens with zero attached hydrogens (tertiary/aromatic N) is 2. The third-order valence-electron chi connectivity index (χ3n) is 8.77. The van der Waals surface area contributed by atoms with Gasteiger partial charge in [-0.25, -0.2) is 0 Å². The highest BCUT2D eigenvalue weighted by molar-refractivity contribution is 5.90. The quantitative estimate of drug-likeness (QED) is 0.831. The molecule has 0 unspecified atom stereocenters. The molecule has 0 aromatic heterocycles. The van der Waals surface area contributed by atoms with Crippen LogP contribution in [-0.2, 0) is 15.0 Å². The van der Waals surface area contributed by atoms with E-state index in [2.05, 4.69) is 17.0 Å². The second-order valence-electron chi connectivity index (χ2n) is 9.14. The maximum Gasteiger partial charge on any atom is 0.308 e.